The molecule has 22 heavy (non-hydrogen) atoms. The van der Waals surface area contributed by atoms with E-state index in [1.165, 1.54) is 0 Å². The highest BCUT2D eigenvalue weighted by molar-refractivity contribution is 5.85. The van der Waals surface area contributed by atoms with Crippen LogP contribution in [0.1, 0.15) is 52.9 Å². The van der Waals surface area contributed by atoms with E-state index < -0.39 is 0 Å². The predicted octanol–water partition coefficient (Wildman–Crippen LogP) is 3.34. The zero-order chi connectivity index (χ0) is 16.7. The number of carbonyl (C=O) groups is 3. The van der Waals surface area contributed by atoms with Crippen molar-refractivity contribution in [3.05, 3.63) is 12.7 Å². The van der Waals surface area contributed by atoms with Crippen molar-refractivity contribution in [2.24, 2.45) is 23.7 Å². The van der Waals surface area contributed by atoms with Crippen LogP contribution in [0.3, 0.4) is 0 Å². The Morgan fingerprint density at radius 3 is 2.68 bits per heavy atom. The fourth-order valence-electron chi connectivity index (χ4n) is 3.54. The topological polar surface area (TPSA) is 60.4 Å². The van der Waals surface area contributed by atoms with Crippen molar-refractivity contribution in [2.45, 2.75) is 59.0 Å². The molecule has 4 nitrogen and oxygen atoms in total. The summed E-state index contributed by atoms with van der Waals surface area (Å²) in [5, 5.41) is 0. The van der Waals surface area contributed by atoms with Gasteiger partial charge in [-0.25, -0.2) is 0 Å². The molecule has 1 saturated carbocycles. The van der Waals surface area contributed by atoms with Crippen LogP contribution >= 0.6 is 0 Å². The summed E-state index contributed by atoms with van der Waals surface area (Å²) in [6.07, 6.45) is 4.87. The summed E-state index contributed by atoms with van der Waals surface area (Å²) in [5.41, 5.74) is 0. The zero-order valence-electron chi connectivity index (χ0n) is 13.9. The van der Waals surface area contributed by atoms with Crippen LogP contribution in [0.5, 0.6) is 0 Å². The summed E-state index contributed by atoms with van der Waals surface area (Å²) >= 11 is 0. The maximum absolute atomic E-state index is 12.8. The Kier molecular flexibility index (Phi) is 7.49. The van der Waals surface area contributed by atoms with Gasteiger partial charge in [0, 0.05) is 30.6 Å². The lowest BCUT2D eigenvalue weighted by Gasteiger charge is -2.37. The van der Waals surface area contributed by atoms with Gasteiger partial charge in [0.05, 0.1) is 0 Å². The van der Waals surface area contributed by atoms with E-state index in [2.05, 4.69) is 13.5 Å². The number of Topliss-reactive ketones (excluding diaryl/α,β-unsaturated/α-hetero) is 2. The fraction of sp³-hybridized carbons (Fsp3) is 0.722. The summed E-state index contributed by atoms with van der Waals surface area (Å²) in [7, 11) is 0. The van der Waals surface area contributed by atoms with Gasteiger partial charge >= 0.3 is 0 Å². The van der Waals surface area contributed by atoms with Gasteiger partial charge in [0.15, 0.2) is 0 Å². The van der Waals surface area contributed by atoms with Crippen molar-refractivity contribution in [3.8, 4) is 0 Å². The molecule has 0 N–H and O–H groups in total. The summed E-state index contributed by atoms with van der Waals surface area (Å²) in [6, 6.07) is 0. The Balaban J connectivity index is 2.80. The SMILES string of the molecule is C=CC[C@@H](OC=O)[C@H](C)[C@@H]1CC[C@@H](C)[C@H](CCC(C)=O)C1=O. The molecule has 124 valence electrons. The molecule has 4 heteroatoms. The molecular formula is C18H28O4. The summed E-state index contributed by atoms with van der Waals surface area (Å²) in [6.45, 7) is 9.77. The maximum atomic E-state index is 12.8. The van der Waals surface area contributed by atoms with Crippen LogP contribution in [0.2, 0.25) is 0 Å². The Morgan fingerprint density at radius 2 is 2.14 bits per heavy atom. The molecule has 1 fully saturated rings. The molecule has 0 aromatic carbocycles. The molecule has 0 unspecified atom stereocenters. The Morgan fingerprint density at radius 1 is 1.45 bits per heavy atom. The van der Waals surface area contributed by atoms with E-state index in [0.29, 0.717) is 31.7 Å². The van der Waals surface area contributed by atoms with Crippen molar-refractivity contribution in [1.29, 1.82) is 0 Å². The number of rotatable bonds is 9. The number of carbonyl (C=O) groups excluding carboxylic acids is 3. The molecule has 0 aromatic heterocycles. The second kappa shape index (κ2) is 8.86. The highest BCUT2D eigenvalue weighted by Crippen LogP contribution is 2.38. The molecule has 1 rings (SSSR count). The van der Waals surface area contributed by atoms with Gasteiger partial charge in [-0.3, -0.25) is 9.59 Å². The molecule has 0 radical (unpaired) electrons. The molecule has 1 aliphatic carbocycles. The lowest BCUT2D eigenvalue weighted by Crippen LogP contribution is -2.41. The van der Waals surface area contributed by atoms with Gasteiger partial charge in [-0.15, -0.1) is 6.58 Å². The maximum Gasteiger partial charge on any atom is 0.293 e. The van der Waals surface area contributed by atoms with Gasteiger partial charge in [0.2, 0.25) is 0 Å². The molecule has 0 aliphatic heterocycles. The van der Waals surface area contributed by atoms with Gasteiger partial charge in [-0.1, -0.05) is 19.9 Å². The van der Waals surface area contributed by atoms with Crippen molar-refractivity contribution < 1.29 is 19.1 Å². The molecule has 0 saturated heterocycles. The minimum Gasteiger partial charge on any atom is -0.464 e. The Hall–Kier alpha value is -1.45. The highest BCUT2D eigenvalue weighted by Gasteiger charge is 2.40. The van der Waals surface area contributed by atoms with Crippen molar-refractivity contribution >= 4 is 18.0 Å². The van der Waals surface area contributed by atoms with E-state index >= 15 is 0 Å². The average molecular weight is 308 g/mol. The second-order valence-electron chi connectivity index (χ2n) is 6.56. The monoisotopic (exact) mass is 308 g/mol. The van der Waals surface area contributed by atoms with E-state index in [1.54, 1.807) is 13.0 Å². The number of ketones is 2. The number of hydrogen-bond acceptors (Lipinski definition) is 4. The third-order valence-corrected chi connectivity index (χ3v) is 5.01. The van der Waals surface area contributed by atoms with Crippen LogP contribution in [0.15, 0.2) is 12.7 Å². The minimum atomic E-state index is -0.300. The lowest BCUT2D eigenvalue weighted by atomic mass is 9.67. The summed E-state index contributed by atoms with van der Waals surface area (Å²) in [5.74, 6) is 0.506. The standard InChI is InChI=1S/C18H28O4/c1-5-6-17(22-11-19)14(4)16-9-7-12(2)15(18(16)21)10-8-13(3)20/h5,11-12,14-17H,1,6-10H2,2-4H3/t12-,14-,15+,16+,17-/m1/s1. The van der Waals surface area contributed by atoms with Crippen LogP contribution in [0.4, 0.5) is 0 Å². The highest BCUT2D eigenvalue weighted by atomic mass is 16.5. The van der Waals surface area contributed by atoms with Gasteiger partial charge in [-0.05, 0) is 32.1 Å². The van der Waals surface area contributed by atoms with Gasteiger partial charge in [-0.2, -0.15) is 0 Å². The Bertz CT molecular complexity index is 405. The number of hydrogen-bond donors (Lipinski definition) is 0. The van der Waals surface area contributed by atoms with E-state index in [9.17, 15) is 14.4 Å². The molecule has 1 aliphatic rings. The zero-order valence-corrected chi connectivity index (χ0v) is 13.9. The van der Waals surface area contributed by atoms with E-state index in [0.717, 1.165) is 12.8 Å². The summed E-state index contributed by atoms with van der Waals surface area (Å²) < 4.78 is 5.15. The first-order chi connectivity index (χ1) is 10.4. The van der Waals surface area contributed by atoms with Crippen LogP contribution in [-0.2, 0) is 19.1 Å². The smallest absolute Gasteiger partial charge is 0.293 e. The van der Waals surface area contributed by atoms with E-state index in [-0.39, 0.29) is 35.4 Å². The Labute approximate surface area is 133 Å². The quantitative estimate of drug-likeness (QED) is 0.484. The van der Waals surface area contributed by atoms with Crippen LogP contribution < -0.4 is 0 Å². The van der Waals surface area contributed by atoms with E-state index in [4.69, 9.17) is 4.74 Å². The van der Waals surface area contributed by atoms with Crippen LogP contribution in [0, 0.1) is 23.7 Å². The van der Waals surface area contributed by atoms with Gasteiger partial charge < -0.3 is 9.53 Å². The molecule has 0 heterocycles. The first-order valence-corrected chi connectivity index (χ1v) is 8.15. The fourth-order valence-corrected chi connectivity index (χ4v) is 3.54. The number of ether oxygens (including phenoxy) is 1. The van der Waals surface area contributed by atoms with Crippen molar-refractivity contribution in [2.75, 3.05) is 0 Å². The first kappa shape index (κ1) is 18.6. The average Bonchev–Trinajstić information content (AvgIpc) is 2.46. The van der Waals surface area contributed by atoms with E-state index in [1.807, 2.05) is 6.92 Å². The van der Waals surface area contributed by atoms with Crippen LogP contribution in [0.25, 0.3) is 0 Å². The van der Waals surface area contributed by atoms with Gasteiger partial charge in [0.1, 0.15) is 17.7 Å². The summed E-state index contributed by atoms with van der Waals surface area (Å²) in [4.78, 5) is 34.7. The second-order valence-corrected chi connectivity index (χ2v) is 6.56. The van der Waals surface area contributed by atoms with Crippen molar-refractivity contribution in [1.82, 2.24) is 0 Å². The molecular weight excluding hydrogens is 280 g/mol. The molecule has 0 spiro atoms. The predicted molar refractivity (Wildman–Crippen MR) is 85.2 cm³/mol. The molecule has 0 aromatic rings. The van der Waals surface area contributed by atoms with Crippen molar-refractivity contribution in [3.63, 3.8) is 0 Å². The normalized spacial score (nSPS) is 27.8. The molecule has 0 amide bonds. The largest absolute Gasteiger partial charge is 0.464 e. The molecule has 5 atom stereocenters. The minimum absolute atomic E-state index is 0.0250. The third-order valence-electron chi connectivity index (χ3n) is 5.01. The molecule has 0 bridgehead atoms. The van der Waals surface area contributed by atoms with Crippen LogP contribution in [-0.4, -0.2) is 24.1 Å². The first-order valence-electron chi connectivity index (χ1n) is 8.15. The lowest BCUT2D eigenvalue weighted by molar-refractivity contribution is -0.143. The third kappa shape index (κ3) is 4.79. The van der Waals surface area contributed by atoms with Gasteiger partial charge in [0.25, 0.3) is 6.47 Å².